The van der Waals surface area contributed by atoms with E-state index in [0.29, 0.717) is 32.0 Å². The van der Waals surface area contributed by atoms with E-state index in [4.69, 9.17) is 9.84 Å². The Labute approximate surface area is 107 Å². The maximum absolute atomic E-state index is 11.9. The number of carboxylic acids is 1. The first kappa shape index (κ1) is 14.8. The lowest BCUT2D eigenvalue weighted by Gasteiger charge is -2.20. The Balaban J connectivity index is 2.28. The zero-order valence-electron chi connectivity index (χ0n) is 11.0. The molecule has 1 heterocycles. The number of likely N-dealkylation sites (tertiary alicyclic amines) is 1. The molecule has 1 rings (SSSR count). The molecule has 1 aliphatic heterocycles. The molecule has 104 valence electrons. The molecule has 2 unspecified atom stereocenters. The van der Waals surface area contributed by atoms with E-state index in [2.05, 4.69) is 5.32 Å². The standard InChI is InChI=1S/C12H22N2O4/c1-9(8-18-2)13-12(17)14-6-5-10(7-14)3-4-11(15)16/h9-10H,3-8H2,1-2H3,(H,13,17)(H,15,16). The molecular weight excluding hydrogens is 236 g/mol. The van der Waals surface area contributed by atoms with Crippen LogP contribution in [0.5, 0.6) is 0 Å². The van der Waals surface area contributed by atoms with Gasteiger partial charge in [0.25, 0.3) is 0 Å². The summed E-state index contributed by atoms with van der Waals surface area (Å²) in [5.41, 5.74) is 0. The Kier molecular flexibility index (Phi) is 5.91. The molecule has 2 N–H and O–H groups in total. The summed E-state index contributed by atoms with van der Waals surface area (Å²) in [6.45, 7) is 3.73. The van der Waals surface area contributed by atoms with E-state index in [9.17, 15) is 9.59 Å². The number of carbonyl (C=O) groups is 2. The largest absolute Gasteiger partial charge is 0.481 e. The van der Waals surface area contributed by atoms with Crippen LogP contribution in [-0.2, 0) is 9.53 Å². The Morgan fingerprint density at radius 1 is 1.56 bits per heavy atom. The second-order valence-corrected chi connectivity index (χ2v) is 4.84. The first-order valence-electron chi connectivity index (χ1n) is 6.29. The van der Waals surface area contributed by atoms with Gasteiger partial charge in [-0.1, -0.05) is 0 Å². The first-order valence-corrected chi connectivity index (χ1v) is 6.29. The summed E-state index contributed by atoms with van der Waals surface area (Å²) in [7, 11) is 1.60. The molecule has 0 aliphatic carbocycles. The minimum Gasteiger partial charge on any atom is -0.481 e. The summed E-state index contributed by atoms with van der Waals surface area (Å²) >= 11 is 0. The quantitative estimate of drug-likeness (QED) is 0.742. The van der Waals surface area contributed by atoms with Crippen molar-refractivity contribution < 1.29 is 19.4 Å². The van der Waals surface area contributed by atoms with Crippen LogP contribution in [0.4, 0.5) is 4.79 Å². The van der Waals surface area contributed by atoms with Gasteiger partial charge in [0.05, 0.1) is 12.6 Å². The van der Waals surface area contributed by atoms with Crippen molar-refractivity contribution in [2.45, 2.75) is 32.2 Å². The molecule has 0 saturated carbocycles. The molecule has 0 aromatic carbocycles. The third kappa shape index (κ3) is 4.91. The van der Waals surface area contributed by atoms with Gasteiger partial charge in [-0.25, -0.2) is 4.79 Å². The summed E-state index contributed by atoms with van der Waals surface area (Å²) < 4.78 is 4.95. The topological polar surface area (TPSA) is 78.9 Å². The fourth-order valence-corrected chi connectivity index (χ4v) is 2.17. The lowest BCUT2D eigenvalue weighted by molar-refractivity contribution is -0.137. The van der Waals surface area contributed by atoms with Gasteiger partial charge in [-0.3, -0.25) is 4.79 Å². The molecule has 1 fully saturated rings. The number of hydrogen-bond acceptors (Lipinski definition) is 3. The normalized spacial score (nSPS) is 20.8. The predicted octanol–water partition coefficient (Wildman–Crippen LogP) is 0.918. The van der Waals surface area contributed by atoms with Gasteiger partial charge in [0.1, 0.15) is 0 Å². The zero-order chi connectivity index (χ0) is 13.5. The summed E-state index contributed by atoms with van der Waals surface area (Å²) in [6.07, 6.45) is 1.71. The van der Waals surface area contributed by atoms with Crippen molar-refractivity contribution in [3.63, 3.8) is 0 Å². The van der Waals surface area contributed by atoms with Crippen LogP contribution in [-0.4, -0.2) is 54.9 Å². The van der Waals surface area contributed by atoms with Gasteiger partial charge in [0.15, 0.2) is 0 Å². The molecule has 0 aromatic rings. The molecule has 0 radical (unpaired) electrons. The molecule has 1 saturated heterocycles. The fraction of sp³-hybridized carbons (Fsp3) is 0.833. The Bertz CT molecular complexity index is 296. The lowest BCUT2D eigenvalue weighted by Crippen LogP contribution is -2.44. The van der Waals surface area contributed by atoms with Crippen LogP contribution < -0.4 is 5.32 Å². The van der Waals surface area contributed by atoms with E-state index in [1.807, 2.05) is 6.92 Å². The van der Waals surface area contributed by atoms with Gasteiger partial charge >= 0.3 is 12.0 Å². The smallest absolute Gasteiger partial charge is 0.317 e. The van der Waals surface area contributed by atoms with Crippen molar-refractivity contribution in [3.8, 4) is 0 Å². The number of carbonyl (C=O) groups excluding carboxylic acids is 1. The highest BCUT2D eigenvalue weighted by molar-refractivity contribution is 5.74. The number of amides is 2. The van der Waals surface area contributed by atoms with Crippen LogP contribution in [0.25, 0.3) is 0 Å². The number of nitrogens with one attached hydrogen (secondary N) is 1. The summed E-state index contributed by atoms with van der Waals surface area (Å²) in [6, 6.07) is -0.0991. The van der Waals surface area contributed by atoms with Crippen LogP contribution in [0, 0.1) is 5.92 Å². The van der Waals surface area contributed by atoms with E-state index in [0.717, 1.165) is 6.42 Å². The minimum absolute atomic E-state index is 0.0134. The van der Waals surface area contributed by atoms with Crippen LogP contribution >= 0.6 is 0 Å². The number of carboxylic acid groups (broad SMARTS) is 1. The fourth-order valence-electron chi connectivity index (χ4n) is 2.17. The Morgan fingerprint density at radius 3 is 2.89 bits per heavy atom. The van der Waals surface area contributed by atoms with Gasteiger partial charge in [0.2, 0.25) is 0 Å². The summed E-state index contributed by atoms with van der Waals surface area (Å²) in [4.78, 5) is 24.1. The van der Waals surface area contributed by atoms with Crippen molar-refractivity contribution in [3.05, 3.63) is 0 Å². The second kappa shape index (κ2) is 7.20. The van der Waals surface area contributed by atoms with Crippen LogP contribution in [0.1, 0.15) is 26.2 Å². The molecule has 18 heavy (non-hydrogen) atoms. The number of aliphatic carboxylic acids is 1. The SMILES string of the molecule is COCC(C)NC(=O)N1CCC(CCC(=O)O)C1. The van der Waals surface area contributed by atoms with Crippen LogP contribution in [0.2, 0.25) is 0 Å². The molecule has 6 heteroatoms. The van der Waals surface area contributed by atoms with Gasteiger partial charge in [0, 0.05) is 26.6 Å². The van der Waals surface area contributed by atoms with Gasteiger partial charge in [-0.15, -0.1) is 0 Å². The first-order chi connectivity index (χ1) is 8.52. The van der Waals surface area contributed by atoms with Gasteiger partial charge < -0.3 is 20.1 Å². The number of ether oxygens (including phenoxy) is 1. The van der Waals surface area contributed by atoms with Gasteiger partial charge in [-0.2, -0.15) is 0 Å². The number of urea groups is 1. The van der Waals surface area contributed by atoms with Crippen molar-refractivity contribution >= 4 is 12.0 Å². The highest BCUT2D eigenvalue weighted by atomic mass is 16.5. The molecule has 0 aromatic heterocycles. The molecule has 6 nitrogen and oxygen atoms in total. The van der Waals surface area contributed by atoms with Crippen molar-refractivity contribution in [2.24, 2.45) is 5.92 Å². The Morgan fingerprint density at radius 2 is 2.28 bits per heavy atom. The van der Waals surface area contributed by atoms with E-state index in [1.54, 1.807) is 12.0 Å². The van der Waals surface area contributed by atoms with Crippen molar-refractivity contribution in [1.82, 2.24) is 10.2 Å². The second-order valence-electron chi connectivity index (χ2n) is 4.84. The maximum atomic E-state index is 11.9. The number of hydrogen-bond donors (Lipinski definition) is 2. The van der Waals surface area contributed by atoms with E-state index in [-0.39, 0.29) is 18.5 Å². The third-order valence-electron chi connectivity index (χ3n) is 3.13. The van der Waals surface area contributed by atoms with Crippen LogP contribution in [0.3, 0.4) is 0 Å². The lowest BCUT2D eigenvalue weighted by atomic mass is 10.0. The minimum atomic E-state index is -0.772. The number of methoxy groups -OCH3 is 1. The molecule has 0 spiro atoms. The average molecular weight is 258 g/mol. The zero-order valence-corrected chi connectivity index (χ0v) is 11.0. The van der Waals surface area contributed by atoms with E-state index >= 15 is 0 Å². The molecule has 2 amide bonds. The summed E-state index contributed by atoms with van der Waals surface area (Å²) in [5, 5.41) is 11.5. The number of rotatable bonds is 6. The van der Waals surface area contributed by atoms with Crippen molar-refractivity contribution in [2.75, 3.05) is 26.8 Å². The molecule has 2 atom stereocenters. The van der Waals surface area contributed by atoms with Crippen molar-refractivity contribution in [1.29, 1.82) is 0 Å². The molecule has 1 aliphatic rings. The van der Waals surface area contributed by atoms with Gasteiger partial charge in [-0.05, 0) is 25.7 Å². The van der Waals surface area contributed by atoms with E-state index < -0.39 is 5.97 Å². The molecular formula is C12H22N2O4. The number of nitrogens with zero attached hydrogens (tertiary/aromatic N) is 1. The van der Waals surface area contributed by atoms with Crippen LogP contribution in [0.15, 0.2) is 0 Å². The summed E-state index contributed by atoms with van der Waals surface area (Å²) in [5.74, 6) is -0.462. The highest BCUT2D eigenvalue weighted by Gasteiger charge is 2.26. The highest BCUT2D eigenvalue weighted by Crippen LogP contribution is 2.20. The maximum Gasteiger partial charge on any atom is 0.317 e. The van der Waals surface area contributed by atoms with E-state index in [1.165, 1.54) is 0 Å². The molecule has 0 bridgehead atoms. The monoisotopic (exact) mass is 258 g/mol. The third-order valence-corrected chi connectivity index (χ3v) is 3.13. The predicted molar refractivity (Wildman–Crippen MR) is 66.4 cm³/mol. The average Bonchev–Trinajstić information content (AvgIpc) is 2.75. The Hall–Kier alpha value is -1.30.